The summed E-state index contributed by atoms with van der Waals surface area (Å²) in [5.74, 6) is 0. The van der Waals surface area contributed by atoms with Crippen LogP contribution >= 0.6 is 0 Å². The lowest BCUT2D eigenvalue weighted by Gasteiger charge is -2.29. The highest BCUT2D eigenvalue weighted by molar-refractivity contribution is 5.45. The zero-order valence-electron chi connectivity index (χ0n) is 17.4. The lowest BCUT2D eigenvalue weighted by molar-refractivity contribution is -0.109. The zero-order valence-corrected chi connectivity index (χ0v) is 17.4. The smallest absolute Gasteiger partial charge is 0.207 e. The Hall–Kier alpha value is -3.09. The summed E-state index contributed by atoms with van der Waals surface area (Å²) < 4.78 is 0. The fraction of sp³-hybridized carbons (Fsp3) is 0.292. The van der Waals surface area contributed by atoms with Crippen molar-refractivity contribution in [1.29, 1.82) is 0 Å². The Morgan fingerprint density at radius 2 is 1.63 bits per heavy atom. The second-order valence-corrected chi connectivity index (χ2v) is 7.35. The standard InChI is InChI=1S/C24H29N5O/c1-20(14-26-19-30)29(18-24-10-3-5-12-28-24)17-22-8-6-7-21(13-22)15-25-16-23-9-2-4-11-27-23/h2-13,19-20,25H,14-18H2,1H3,(H,26,30). The molecule has 0 aliphatic carbocycles. The Morgan fingerprint density at radius 3 is 2.33 bits per heavy atom. The van der Waals surface area contributed by atoms with Crippen molar-refractivity contribution in [3.05, 3.63) is 95.6 Å². The van der Waals surface area contributed by atoms with Crippen molar-refractivity contribution >= 4 is 6.41 Å². The first-order valence-corrected chi connectivity index (χ1v) is 10.2. The Kier molecular flexibility index (Phi) is 8.50. The van der Waals surface area contributed by atoms with Crippen LogP contribution in [0.2, 0.25) is 0 Å². The van der Waals surface area contributed by atoms with Gasteiger partial charge in [0.1, 0.15) is 0 Å². The maximum atomic E-state index is 10.7. The van der Waals surface area contributed by atoms with Crippen LogP contribution in [0.25, 0.3) is 0 Å². The first kappa shape index (κ1) is 21.6. The van der Waals surface area contributed by atoms with Gasteiger partial charge in [-0.2, -0.15) is 0 Å². The monoisotopic (exact) mass is 403 g/mol. The SMILES string of the molecule is CC(CNC=O)N(Cc1cccc(CNCc2ccccn2)c1)Cc1ccccn1. The van der Waals surface area contributed by atoms with Gasteiger partial charge in [0.05, 0.1) is 11.4 Å². The summed E-state index contributed by atoms with van der Waals surface area (Å²) >= 11 is 0. The summed E-state index contributed by atoms with van der Waals surface area (Å²) in [5.41, 5.74) is 4.52. The van der Waals surface area contributed by atoms with Gasteiger partial charge in [-0.05, 0) is 42.3 Å². The van der Waals surface area contributed by atoms with Crippen LogP contribution in [-0.4, -0.2) is 33.9 Å². The molecule has 0 saturated heterocycles. The minimum atomic E-state index is 0.183. The number of carbonyl (C=O) groups excluding carboxylic acids is 1. The molecule has 2 heterocycles. The molecule has 0 aliphatic heterocycles. The third-order valence-corrected chi connectivity index (χ3v) is 4.95. The van der Waals surface area contributed by atoms with Gasteiger partial charge in [-0.1, -0.05) is 36.4 Å². The molecule has 0 aliphatic rings. The number of benzene rings is 1. The van der Waals surface area contributed by atoms with E-state index in [0.717, 1.165) is 44.0 Å². The van der Waals surface area contributed by atoms with Crippen molar-refractivity contribution in [2.24, 2.45) is 0 Å². The Balaban J connectivity index is 1.62. The fourth-order valence-electron chi connectivity index (χ4n) is 3.33. The molecular formula is C24H29N5O. The van der Waals surface area contributed by atoms with Crippen molar-refractivity contribution in [1.82, 2.24) is 25.5 Å². The molecule has 0 bridgehead atoms. The number of rotatable bonds is 12. The van der Waals surface area contributed by atoms with E-state index in [1.807, 2.05) is 48.8 Å². The summed E-state index contributed by atoms with van der Waals surface area (Å²) in [6, 6.07) is 20.7. The normalized spacial score (nSPS) is 11.9. The number of carbonyl (C=O) groups is 1. The van der Waals surface area contributed by atoms with Crippen LogP contribution in [0.3, 0.4) is 0 Å². The molecule has 1 atom stereocenters. The predicted molar refractivity (Wildman–Crippen MR) is 118 cm³/mol. The minimum Gasteiger partial charge on any atom is -0.357 e. The number of hydrogen-bond donors (Lipinski definition) is 2. The van der Waals surface area contributed by atoms with E-state index >= 15 is 0 Å². The zero-order chi connectivity index (χ0) is 21.0. The third kappa shape index (κ3) is 7.06. The Labute approximate surface area is 178 Å². The summed E-state index contributed by atoms with van der Waals surface area (Å²) in [4.78, 5) is 21.9. The summed E-state index contributed by atoms with van der Waals surface area (Å²) in [5, 5.41) is 6.25. The van der Waals surface area contributed by atoms with E-state index < -0.39 is 0 Å². The van der Waals surface area contributed by atoms with Gasteiger partial charge in [0.15, 0.2) is 0 Å². The van der Waals surface area contributed by atoms with Crippen LogP contribution in [-0.2, 0) is 31.0 Å². The average molecular weight is 404 g/mol. The summed E-state index contributed by atoms with van der Waals surface area (Å²) in [6.07, 6.45) is 4.38. The highest BCUT2D eigenvalue weighted by Crippen LogP contribution is 2.14. The molecule has 1 aromatic carbocycles. The molecule has 1 unspecified atom stereocenters. The first-order chi connectivity index (χ1) is 14.7. The van der Waals surface area contributed by atoms with Crippen molar-refractivity contribution in [2.75, 3.05) is 6.54 Å². The van der Waals surface area contributed by atoms with Gasteiger partial charge in [0.25, 0.3) is 0 Å². The van der Waals surface area contributed by atoms with Crippen molar-refractivity contribution in [2.45, 2.75) is 39.1 Å². The average Bonchev–Trinajstić information content (AvgIpc) is 2.79. The van der Waals surface area contributed by atoms with Gasteiger partial charge in [0.2, 0.25) is 6.41 Å². The van der Waals surface area contributed by atoms with E-state index in [0.29, 0.717) is 6.54 Å². The van der Waals surface area contributed by atoms with Crippen LogP contribution in [0.5, 0.6) is 0 Å². The van der Waals surface area contributed by atoms with Gasteiger partial charge >= 0.3 is 0 Å². The number of aromatic nitrogens is 2. The highest BCUT2D eigenvalue weighted by atomic mass is 16.1. The maximum Gasteiger partial charge on any atom is 0.207 e. The van der Waals surface area contributed by atoms with Crippen LogP contribution in [0, 0.1) is 0 Å². The van der Waals surface area contributed by atoms with Crippen molar-refractivity contribution in [3.8, 4) is 0 Å². The minimum absolute atomic E-state index is 0.183. The molecule has 2 aromatic heterocycles. The van der Waals surface area contributed by atoms with Gasteiger partial charge in [-0.25, -0.2) is 0 Å². The fourth-order valence-corrected chi connectivity index (χ4v) is 3.33. The van der Waals surface area contributed by atoms with Crippen LogP contribution in [0.15, 0.2) is 73.1 Å². The third-order valence-electron chi connectivity index (χ3n) is 4.95. The van der Waals surface area contributed by atoms with Crippen molar-refractivity contribution < 1.29 is 4.79 Å². The lowest BCUT2D eigenvalue weighted by atomic mass is 10.1. The van der Waals surface area contributed by atoms with Gasteiger partial charge in [-0.3, -0.25) is 19.7 Å². The highest BCUT2D eigenvalue weighted by Gasteiger charge is 2.15. The summed E-state index contributed by atoms with van der Waals surface area (Å²) in [7, 11) is 0. The molecule has 30 heavy (non-hydrogen) atoms. The van der Waals surface area contributed by atoms with Crippen molar-refractivity contribution in [3.63, 3.8) is 0 Å². The second-order valence-electron chi connectivity index (χ2n) is 7.35. The number of hydrogen-bond acceptors (Lipinski definition) is 5. The molecule has 6 nitrogen and oxygen atoms in total. The quantitative estimate of drug-likeness (QED) is 0.455. The van der Waals surface area contributed by atoms with E-state index in [-0.39, 0.29) is 6.04 Å². The van der Waals surface area contributed by atoms with E-state index in [2.05, 4.69) is 56.7 Å². The van der Waals surface area contributed by atoms with Crippen LogP contribution in [0.1, 0.15) is 29.4 Å². The van der Waals surface area contributed by atoms with E-state index in [1.54, 1.807) is 0 Å². The van der Waals surface area contributed by atoms with E-state index in [4.69, 9.17) is 0 Å². The number of pyridine rings is 2. The number of amides is 1. The molecule has 0 spiro atoms. The molecule has 3 rings (SSSR count). The number of nitrogens with zero attached hydrogens (tertiary/aromatic N) is 3. The lowest BCUT2D eigenvalue weighted by Crippen LogP contribution is -2.39. The van der Waals surface area contributed by atoms with E-state index in [9.17, 15) is 4.79 Å². The summed E-state index contributed by atoms with van der Waals surface area (Å²) in [6.45, 7) is 5.76. The maximum absolute atomic E-state index is 10.7. The van der Waals surface area contributed by atoms with Crippen LogP contribution in [0.4, 0.5) is 0 Å². The number of nitrogens with one attached hydrogen (secondary N) is 2. The molecule has 6 heteroatoms. The largest absolute Gasteiger partial charge is 0.357 e. The first-order valence-electron chi connectivity index (χ1n) is 10.2. The van der Waals surface area contributed by atoms with Gasteiger partial charge in [0, 0.05) is 51.2 Å². The van der Waals surface area contributed by atoms with Crippen LogP contribution < -0.4 is 10.6 Å². The van der Waals surface area contributed by atoms with Gasteiger partial charge < -0.3 is 10.6 Å². The molecule has 0 saturated carbocycles. The molecular weight excluding hydrogens is 374 g/mol. The molecule has 156 valence electrons. The topological polar surface area (TPSA) is 70.2 Å². The van der Waals surface area contributed by atoms with E-state index in [1.165, 1.54) is 11.1 Å². The Bertz CT molecular complexity index is 888. The molecule has 2 N–H and O–H groups in total. The molecule has 0 radical (unpaired) electrons. The Morgan fingerprint density at radius 1 is 0.900 bits per heavy atom. The predicted octanol–water partition coefficient (Wildman–Crippen LogP) is 2.90. The molecule has 0 fully saturated rings. The van der Waals surface area contributed by atoms with Gasteiger partial charge in [-0.15, -0.1) is 0 Å². The second kappa shape index (κ2) is 11.8. The molecule has 3 aromatic rings. The molecule has 1 amide bonds.